The summed E-state index contributed by atoms with van der Waals surface area (Å²) in [6.45, 7) is 2.18. The van der Waals surface area contributed by atoms with Crippen LogP contribution in [-0.2, 0) is 30.3 Å². The summed E-state index contributed by atoms with van der Waals surface area (Å²) >= 11 is 0. The SMILES string of the molecule is CCC/C(=C\c1ccc(CO)o1)CC[C@H]1OB(O)C[C@H]2C1=C(COC)C[C@H]1C(=O)N(C(=O)OC)C(=O)[C@H]12. The maximum Gasteiger partial charge on any atom is 0.455 e. The summed E-state index contributed by atoms with van der Waals surface area (Å²) in [4.78, 5) is 39.1. The van der Waals surface area contributed by atoms with E-state index >= 15 is 0 Å². The molecule has 3 amide bonds. The number of allylic oxidation sites excluding steroid dienone is 1. The number of hydrogen-bond donors (Lipinski definition) is 2. The number of nitrogens with zero attached hydrogens (tertiary/aromatic N) is 1. The van der Waals surface area contributed by atoms with Gasteiger partial charge in [0.05, 0.1) is 31.7 Å². The minimum atomic E-state index is -1.10. The van der Waals surface area contributed by atoms with Crippen LogP contribution in [0.4, 0.5) is 4.79 Å². The van der Waals surface area contributed by atoms with Crippen LogP contribution < -0.4 is 0 Å². The van der Waals surface area contributed by atoms with Gasteiger partial charge in [0.15, 0.2) is 0 Å². The normalized spacial score (nSPS) is 26.0. The van der Waals surface area contributed by atoms with Crippen LogP contribution in [0.3, 0.4) is 0 Å². The predicted octanol–water partition coefficient (Wildman–Crippen LogP) is 2.95. The molecule has 1 aromatic rings. The number of likely N-dealkylation sites (tertiary alicyclic amines) is 1. The molecule has 3 heterocycles. The van der Waals surface area contributed by atoms with E-state index in [0.29, 0.717) is 29.3 Å². The molecule has 0 spiro atoms. The van der Waals surface area contributed by atoms with E-state index in [1.807, 2.05) is 12.1 Å². The lowest BCUT2D eigenvalue weighted by atomic mass is 9.58. The molecule has 0 aromatic carbocycles. The fourth-order valence-corrected chi connectivity index (χ4v) is 6.01. The minimum Gasteiger partial charge on any atom is -0.459 e. The highest BCUT2D eigenvalue weighted by atomic mass is 16.5. The third-order valence-corrected chi connectivity index (χ3v) is 7.47. The van der Waals surface area contributed by atoms with Gasteiger partial charge in [-0.25, -0.2) is 4.79 Å². The first-order valence-corrected chi connectivity index (χ1v) is 12.7. The number of carbonyl (C=O) groups is 3. The van der Waals surface area contributed by atoms with Crippen molar-refractivity contribution >= 4 is 31.1 Å². The second kappa shape index (κ2) is 11.8. The highest BCUT2D eigenvalue weighted by Gasteiger charge is 2.59. The Morgan fingerprint density at radius 1 is 1.22 bits per heavy atom. The molecular formula is C26H34BNO9. The quantitative estimate of drug-likeness (QED) is 0.289. The number of ether oxygens (including phenoxy) is 2. The maximum absolute atomic E-state index is 13.3. The topological polar surface area (TPSA) is 136 Å². The average molecular weight is 515 g/mol. The molecule has 2 N–H and O–H groups in total. The second-order valence-corrected chi connectivity index (χ2v) is 9.79. The molecule has 2 saturated heterocycles. The number of rotatable bonds is 9. The molecule has 4 rings (SSSR count). The van der Waals surface area contributed by atoms with Crippen LogP contribution in [0, 0.1) is 17.8 Å². The van der Waals surface area contributed by atoms with Gasteiger partial charge in [-0.1, -0.05) is 18.9 Å². The zero-order valence-corrected chi connectivity index (χ0v) is 21.5. The van der Waals surface area contributed by atoms with Gasteiger partial charge in [-0.15, -0.1) is 0 Å². The number of imide groups is 3. The van der Waals surface area contributed by atoms with Crippen molar-refractivity contribution in [1.82, 2.24) is 4.90 Å². The smallest absolute Gasteiger partial charge is 0.455 e. The van der Waals surface area contributed by atoms with Crippen molar-refractivity contribution in [2.75, 3.05) is 20.8 Å². The first kappa shape index (κ1) is 27.3. The van der Waals surface area contributed by atoms with E-state index in [-0.39, 0.29) is 26.0 Å². The fourth-order valence-electron chi connectivity index (χ4n) is 6.01. The number of hydrogen-bond acceptors (Lipinski definition) is 9. The molecule has 0 saturated carbocycles. The zero-order chi connectivity index (χ0) is 26.7. The first-order chi connectivity index (χ1) is 17.8. The Kier molecular flexibility index (Phi) is 8.69. The van der Waals surface area contributed by atoms with Crippen LogP contribution >= 0.6 is 0 Å². The Balaban J connectivity index is 1.62. The van der Waals surface area contributed by atoms with E-state index in [0.717, 1.165) is 36.7 Å². The number of furan rings is 1. The van der Waals surface area contributed by atoms with E-state index in [2.05, 4.69) is 11.7 Å². The monoisotopic (exact) mass is 515 g/mol. The van der Waals surface area contributed by atoms with E-state index in [9.17, 15) is 24.5 Å². The number of amides is 3. The van der Waals surface area contributed by atoms with Crippen molar-refractivity contribution in [2.45, 2.75) is 58.1 Å². The van der Waals surface area contributed by atoms with Gasteiger partial charge in [-0.3, -0.25) is 9.59 Å². The van der Waals surface area contributed by atoms with Gasteiger partial charge in [0.25, 0.3) is 0 Å². The van der Waals surface area contributed by atoms with Crippen molar-refractivity contribution < 1.29 is 43.1 Å². The molecule has 10 nitrogen and oxygen atoms in total. The molecule has 3 aliphatic rings. The van der Waals surface area contributed by atoms with Gasteiger partial charge in [-0.2, -0.15) is 4.90 Å². The summed E-state index contributed by atoms with van der Waals surface area (Å²) in [5.74, 6) is -1.90. The largest absolute Gasteiger partial charge is 0.459 e. The molecule has 0 unspecified atom stereocenters. The molecule has 1 aliphatic carbocycles. The summed E-state index contributed by atoms with van der Waals surface area (Å²) < 4.78 is 21.8. The van der Waals surface area contributed by atoms with Gasteiger partial charge in [0.1, 0.15) is 18.1 Å². The lowest BCUT2D eigenvalue weighted by Crippen LogP contribution is -2.46. The average Bonchev–Trinajstić information content (AvgIpc) is 3.43. The molecule has 11 heteroatoms. The second-order valence-electron chi connectivity index (χ2n) is 9.79. The molecule has 200 valence electrons. The van der Waals surface area contributed by atoms with Crippen LogP contribution in [-0.4, -0.2) is 67.0 Å². The number of methoxy groups -OCH3 is 2. The Morgan fingerprint density at radius 2 is 2.00 bits per heavy atom. The Labute approximate surface area is 216 Å². The molecule has 37 heavy (non-hydrogen) atoms. The molecule has 0 bridgehead atoms. The molecule has 4 atom stereocenters. The van der Waals surface area contributed by atoms with Gasteiger partial charge in [0.2, 0.25) is 11.8 Å². The van der Waals surface area contributed by atoms with E-state index in [4.69, 9.17) is 13.8 Å². The maximum atomic E-state index is 13.3. The molecule has 2 aliphatic heterocycles. The zero-order valence-electron chi connectivity index (χ0n) is 21.5. The van der Waals surface area contributed by atoms with Crippen molar-refractivity contribution in [3.8, 4) is 0 Å². The van der Waals surface area contributed by atoms with E-state index in [1.54, 1.807) is 13.2 Å². The Morgan fingerprint density at radius 3 is 2.65 bits per heavy atom. The highest BCUT2D eigenvalue weighted by Crippen LogP contribution is 2.50. The molecular weight excluding hydrogens is 481 g/mol. The first-order valence-electron chi connectivity index (χ1n) is 12.7. The Hall–Kier alpha value is -2.73. The van der Waals surface area contributed by atoms with Crippen LogP contribution in [0.2, 0.25) is 6.32 Å². The summed E-state index contributed by atoms with van der Waals surface area (Å²) in [7, 11) is 1.59. The fraction of sp³-hybridized carbons (Fsp3) is 0.577. The third kappa shape index (κ3) is 5.45. The predicted molar refractivity (Wildman–Crippen MR) is 133 cm³/mol. The summed E-state index contributed by atoms with van der Waals surface area (Å²) in [5.41, 5.74) is 2.89. The van der Waals surface area contributed by atoms with Crippen molar-refractivity contribution in [1.29, 1.82) is 0 Å². The van der Waals surface area contributed by atoms with E-state index in [1.165, 1.54) is 0 Å². The highest BCUT2D eigenvalue weighted by molar-refractivity contribution is 6.43. The van der Waals surface area contributed by atoms with Gasteiger partial charge < -0.3 is 28.7 Å². The van der Waals surface area contributed by atoms with Crippen LogP contribution in [0.1, 0.15) is 50.5 Å². The van der Waals surface area contributed by atoms with Gasteiger partial charge in [-0.05, 0) is 67.3 Å². The molecule has 1 aromatic heterocycles. The van der Waals surface area contributed by atoms with Crippen LogP contribution in [0.5, 0.6) is 0 Å². The van der Waals surface area contributed by atoms with E-state index < -0.39 is 48.9 Å². The van der Waals surface area contributed by atoms with Crippen LogP contribution in [0.15, 0.2) is 33.3 Å². The number of aliphatic hydroxyl groups excluding tert-OH is 1. The number of aliphatic hydroxyl groups is 1. The van der Waals surface area contributed by atoms with Crippen LogP contribution in [0.25, 0.3) is 6.08 Å². The lowest BCUT2D eigenvalue weighted by molar-refractivity contribution is -0.137. The summed E-state index contributed by atoms with van der Waals surface area (Å²) in [5, 5.41) is 19.9. The lowest BCUT2D eigenvalue weighted by Gasteiger charge is -2.43. The Bertz CT molecular complexity index is 1090. The molecule has 2 fully saturated rings. The third-order valence-electron chi connectivity index (χ3n) is 7.47. The number of carbonyl (C=O) groups excluding carboxylic acids is 3. The van der Waals surface area contributed by atoms with Gasteiger partial charge >= 0.3 is 13.2 Å². The summed E-state index contributed by atoms with van der Waals surface area (Å²) in [6, 6.07) is 3.55. The van der Waals surface area contributed by atoms with Crippen molar-refractivity contribution in [2.24, 2.45) is 17.8 Å². The summed E-state index contributed by atoms with van der Waals surface area (Å²) in [6.07, 6.45) is 3.92. The number of fused-ring (bicyclic) bond motifs is 3. The molecule has 0 radical (unpaired) electrons. The van der Waals surface area contributed by atoms with Gasteiger partial charge in [0, 0.05) is 7.11 Å². The standard InChI is InChI=1S/C26H34BNO9/c1-4-5-15(10-17-7-8-18(13-29)36-17)6-9-21-22-16(14-34-2)11-19-23(20(22)12-27(33)37-21)25(31)28(24(19)30)26(32)35-3/h7-8,10,19-21,23,29,33H,4-6,9,11-14H2,1-3H3/b15-10+/t19-,20+,21-,23-/m1/s1. The minimum absolute atomic E-state index is 0.155. The van der Waals surface area contributed by atoms with Crippen molar-refractivity contribution in [3.05, 3.63) is 40.4 Å². The van der Waals surface area contributed by atoms with Crippen molar-refractivity contribution in [3.63, 3.8) is 0 Å².